The molecule has 1 amide bonds. The predicted octanol–water partition coefficient (Wildman–Crippen LogP) is 4.91. The average molecular weight is 481 g/mol. The molecular weight excluding hydrogens is 440 g/mol. The van der Waals surface area contributed by atoms with Crippen molar-refractivity contribution in [2.75, 3.05) is 46.5 Å². The highest BCUT2D eigenvalue weighted by Crippen LogP contribution is 2.31. The van der Waals surface area contributed by atoms with Crippen LogP contribution >= 0.6 is 0 Å². The normalized spacial score (nSPS) is 16.8. The second kappa shape index (κ2) is 13.5. The molecule has 2 aromatic carbocycles. The molecule has 1 saturated carbocycles. The van der Waals surface area contributed by atoms with Crippen LogP contribution in [0.3, 0.4) is 0 Å². The third-order valence-corrected chi connectivity index (χ3v) is 7.22. The Labute approximate surface area is 210 Å². The van der Waals surface area contributed by atoms with Gasteiger partial charge in [-0.3, -0.25) is 9.69 Å². The van der Waals surface area contributed by atoms with Crippen molar-refractivity contribution in [3.63, 3.8) is 0 Å². The van der Waals surface area contributed by atoms with Crippen molar-refractivity contribution in [2.24, 2.45) is 5.92 Å². The molecule has 2 aliphatic rings. The Kier molecular flexibility index (Phi) is 9.84. The van der Waals surface area contributed by atoms with E-state index in [0.717, 1.165) is 62.9 Å². The number of morpholine rings is 1. The van der Waals surface area contributed by atoms with Crippen LogP contribution in [0.4, 0.5) is 0 Å². The molecule has 190 valence electrons. The Hall–Kier alpha value is -2.57. The van der Waals surface area contributed by atoms with Gasteiger partial charge in [0.05, 0.1) is 20.3 Å². The molecule has 0 N–H and O–H groups in total. The van der Waals surface area contributed by atoms with Crippen molar-refractivity contribution in [1.29, 1.82) is 0 Å². The predicted molar refractivity (Wildman–Crippen MR) is 138 cm³/mol. The van der Waals surface area contributed by atoms with Gasteiger partial charge in [0.25, 0.3) is 0 Å². The van der Waals surface area contributed by atoms with E-state index in [1.807, 2.05) is 47.4 Å². The first-order chi connectivity index (χ1) is 17.2. The summed E-state index contributed by atoms with van der Waals surface area (Å²) in [5.41, 5.74) is 2.17. The highest BCUT2D eigenvalue weighted by Gasteiger charge is 2.21. The highest BCUT2D eigenvalue weighted by molar-refractivity contribution is 5.76. The molecule has 6 heteroatoms. The van der Waals surface area contributed by atoms with Gasteiger partial charge in [0.1, 0.15) is 6.61 Å². The van der Waals surface area contributed by atoms with Gasteiger partial charge in [-0.05, 0) is 35.6 Å². The number of nitrogens with zero attached hydrogens (tertiary/aromatic N) is 2. The molecule has 6 nitrogen and oxygen atoms in total. The molecule has 1 saturated heterocycles. The lowest BCUT2D eigenvalue weighted by Crippen LogP contribution is -2.42. The molecule has 0 bridgehead atoms. The average Bonchev–Trinajstić information content (AvgIpc) is 3.43. The number of carbonyl (C=O) groups excluding carboxylic acids is 1. The van der Waals surface area contributed by atoms with E-state index in [2.05, 4.69) is 11.0 Å². The number of hydrogen-bond donors (Lipinski definition) is 0. The van der Waals surface area contributed by atoms with Crippen LogP contribution in [0.5, 0.6) is 11.5 Å². The van der Waals surface area contributed by atoms with Crippen molar-refractivity contribution < 1.29 is 19.0 Å². The van der Waals surface area contributed by atoms with Gasteiger partial charge < -0.3 is 19.1 Å². The summed E-state index contributed by atoms with van der Waals surface area (Å²) in [6, 6.07) is 16.1. The Morgan fingerprint density at radius 3 is 2.54 bits per heavy atom. The van der Waals surface area contributed by atoms with Crippen LogP contribution in [0.2, 0.25) is 0 Å². The Morgan fingerprint density at radius 1 is 1.03 bits per heavy atom. The standard InChI is InChI=1S/C29H40N2O4/c1-33-28-21-26(11-13-27(28)35-23-25-9-3-2-4-10-25)22-31(16-15-30-17-19-34-20-18-30)29(32)14-12-24-7-5-6-8-24/h2-4,9-11,13,21,24H,5-8,12,14-20,22-23H2,1H3. The summed E-state index contributed by atoms with van der Waals surface area (Å²) in [6.45, 7) is 6.11. The molecule has 4 rings (SSSR count). The van der Waals surface area contributed by atoms with Crippen LogP contribution in [0.15, 0.2) is 48.5 Å². The van der Waals surface area contributed by atoms with E-state index in [9.17, 15) is 4.79 Å². The smallest absolute Gasteiger partial charge is 0.222 e. The van der Waals surface area contributed by atoms with Crippen molar-refractivity contribution in [2.45, 2.75) is 51.7 Å². The van der Waals surface area contributed by atoms with E-state index in [1.54, 1.807) is 7.11 Å². The Balaban J connectivity index is 1.39. The molecule has 1 heterocycles. The van der Waals surface area contributed by atoms with Gasteiger partial charge >= 0.3 is 0 Å². The highest BCUT2D eigenvalue weighted by atomic mass is 16.5. The van der Waals surface area contributed by atoms with Crippen molar-refractivity contribution in [3.8, 4) is 11.5 Å². The number of rotatable bonds is 12. The summed E-state index contributed by atoms with van der Waals surface area (Å²) >= 11 is 0. The zero-order valence-electron chi connectivity index (χ0n) is 21.1. The molecule has 35 heavy (non-hydrogen) atoms. The number of benzene rings is 2. The molecule has 0 unspecified atom stereocenters. The summed E-state index contributed by atoms with van der Waals surface area (Å²) in [7, 11) is 1.66. The molecular formula is C29H40N2O4. The van der Waals surface area contributed by atoms with Gasteiger partial charge in [0, 0.05) is 39.1 Å². The Bertz CT molecular complexity index is 908. The molecule has 0 radical (unpaired) electrons. The summed E-state index contributed by atoms with van der Waals surface area (Å²) in [6.07, 6.45) is 6.85. The van der Waals surface area contributed by atoms with Gasteiger partial charge in [-0.25, -0.2) is 0 Å². The van der Waals surface area contributed by atoms with Crippen LogP contribution in [-0.4, -0.2) is 62.2 Å². The van der Waals surface area contributed by atoms with Crippen LogP contribution in [-0.2, 0) is 22.7 Å². The quantitative estimate of drug-likeness (QED) is 0.432. The van der Waals surface area contributed by atoms with Crippen molar-refractivity contribution >= 4 is 5.91 Å². The first kappa shape index (κ1) is 25.5. The number of carbonyl (C=O) groups is 1. The monoisotopic (exact) mass is 480 g/mol. The van der Waals surface area contributed by atoms with E-state index in [4.69, 9.17) is 14.2 Å². The fourth-order valence-electron chi connectivity index (χ4n) is 5.05. The molecule has 2 fully saturated rings. The van der Waals surface area contributed by atoms with E-state index < -0.39 is 0 Å². The summed E-state index contributed by atoms with van der Waals surface area (Å²) in [5, 5.41) is 0. The number of amides is 1. The van der Waals surface area contributed by atoms with Crippen molar-refractivity contribution in [3.05, 3.63) is 59.7 Å². The summed E-state index contributed by atoms with van der Waals surface area (Å²) < 4.78 is 17.1. The Morgan fingerprint density at radius 2 is 1.80 bits per heavy atom. The van der Waals surface area contributed by atoms with Crippen LogP contribution in [0.1, 0.15) is 49.7 Å². The zero-order valence-corrected chi connectivity index (χ0v) is 21.1. The number of hydrogen-bond acceptors (Lipinski definition) is 5. The fourth-order valence-corrected chi connectivity index (χ4v) is 5.05. The van der Waals surface area contributed by atoms with Crippen LogP contribution in [0.25, 0.3) is 0 Å². The molecule has 0 atom stereocenters. The molecule has 0 spiro atoms. The van der Waals surface area contributed by atoms with Gasteiger partial charge in [0.2, 0.25) is 5.91 Å². The van der Waals surface area contributed by atoms with E-state index >= 15 is 0 Å². The number of methoxy groups -OCH3 is 1. The van der Waals surface area contributed by atoms with Gasteiger partial charge in [0.15, 0.2) is 11.5 Å². The third kappa shape index (κ3) is 7.97. The second-order valence-electron chi connectivity index (χ2n) is 9.72. The maximum Gasteiger partial charge on any atom is 0.222 e. The molecule has 0 aromatic heterocycles. The first-order valence-electron chi connectivity index (χ1n) is 13.1. The first-order valence-corrected chi connectivity index (χ1v) is 13.1. The van der Waals surface area contributed by atoms with E-state index in [1.165, 1.54) is 25.7 Å². The summed E-state index contributed by atoms with van der Waals surface area (Å²) in [4.78, 5) is 17.7. The second-order valence-corrected chi connectivity index (χ2v) is 9.72. The fraction of sp³-hybridized carbons (Fsp3) is 0.552. The van der Waals surface area contributed by atoms with Crippen LogP contribution < -0.4 is 9.47 Å². The maximum atomic E-state index is 13.3. The SMILES string of the molecule is COc1cc(CN(CCN2CCOCC2)C(=O)CCC2CCCC2)ccc1OCc1ccccc1. The summed E-state index contributed by atoms with van der Waals surface area (Å²) in [5.74, 6) is 2.40. The lowest BCUT2D eigenvalue weighted by atomic mass is 10.0. The minimum absolute atomic E-state index is 0.258. The lowest BCUT2D eigenvalue weighted by molar-refractivity contribution is -0.132. The van der Waals surface area contributed by atoms with Crippen molar-refractivity contribution in [1.82, 2.24) is 9.80 Å². The molecule has 2 aromatic rings. The van der Waals surface area contributed by atoms with Crippen LogP contribution in [0, 0.1) is 5.92 Å². The topological polar surface area (TPSA) is 51.2 Å². The van der Waals surface area contributed by atoms with E-state index in [0.29, 0.717) is 31.1 Å². The lowest BCUT2D eigenvalue weighted by Gasteiger charge is -2.30. The molecule has 1 aliphatic heterocycles. The minimum Gasteiger partial charge on any atom is -0.493 e. The maximum absolute atomic E-state index is 13.3. The minimum atomic E-state index is 0.258. The van der Waals surface area contributed by atoms with Gasteiger partial charge in [-0.15, -0.1) is 0 Å². The number of ether oxygens (including phenoxy) is 3. The largest absolute Gasteiger partial charge is 0.493 e. The zero-order chi connectivity index (χ0) is 24.3. The molecule has 1 aliphatic carbocycles. The van der Waals surface area contributed by atoms with Gasteiger partial charge in [-0.1, -0.05) is 62.1 Å². The van der Waals surface area contributed by atoms with Gasteiger partial charge in [-0.2, -0.15) is 0 Å². The van der Waals surface area contributed by atoms with E-state index in [-0.39, 0.29) is 5.91 Å². The third-order valence-electron chi connectivity index (χ3n) is 7.22.